The normalized spacial score (nSPS) is 9.38. The Morgan fingerprint density at radius 2 is 1.56 bits per heavy atom. The van der Waals surface area contributed by atoms with Crippen LogP contribution in [0.3, 0.4) is 0 Å². The Kier molecular flexibility index (Phi) is 2.42. The van der Waals surface area contributed by atoms with Gasteiger partial charge in [0.1, 0.15) is 17.7 Å². The first-order valence-corrected chi connectivity index (χ1v) is 4.78. The van der Waals surface area contributed by atoms with E-state index in [9.17, 15) is 0 Å². The molecule has 0 atom stereocenters. The van der Waals surface area contributed by atoms with Gasteiger partial charge in [0, 0.05) is 5.22 Å². The van der Waals surface area contributed by atoms with Crippen LogP contribution in [0.25, 0.3) is 22.9 Å². The lowest BCUT2D eigenvalue weighted by Crippen LogP contribution is -2.04. The monoisotopic (exact) mass is 204 g/mol. The molecular formula is C14H8N2. The van der Waals surface area contributed by atoms with Crippen LogP contribution < -0.4 is 10.4 Å². The second-order valence-electron chi connectivity index (χ2n) is 3.49. The average Bonchev–Trinajstić information content (AvgIpc) is 2.31. The SMILES string of the molecule is C=c1ccc2cc(=C(C#N)C#N)ccc2c1. The molecule has 0 aliphatic carbocycles. The van der Waals surface area contributed by atoms with E-state index in [1.807, 2.05) is 42.5 Å². The lowest BCUT2D eigenvalue weighted by molar-refractivity contribution is 1.49. The zero-order valence-corrected chi connectivity index (χ0v) is 8.57. The summed E-state index contributed by atoms with van der Waals surface area (Å²) in [5, 5.41) is 21.2. The molecule has 0 heterocycles. The molecular weight excluding hydrogens is 196 g/mol. The van der Waals surface area contributed by atoms with Gasteiger partial charge in [0.25, 0.3) is 0 Å². The van der Waals surface area contributed by atoms with Crippen molar-refractivity contribution in [1.82, 2.24) is 0 Å². The standard InChI is InChI=1S/C14H8N2/c1-10-2-3-12-7-13(14(8-15)9-16)5-4-11(12)6-10/h2-7H,1H2. The Morgan fingerprint density at radius 1 is 0.938 bits per heavy atom. The highest BCUT2D eigenvalue weighted by atomic mass is 14.3. The Labute approximate surface area is 93.0 Å². The average molecular weight is 204 g/mol. The van der Waals surface area contributed by atoms with Crippen molar-refractivity contribution in [3.8, 4) is 12.1 Å². The number of benzene rings is 2. The Bertz CT molecular complexity index is 727. The van der Waals surface area contributed by atoms with E-state index in [1.54, 1.807) is 6.07 Å². The summed E-state index contributed by atoms with van der Waals surface area (Å²) < 4.78 is 0. The number of hydrogen-bond donors (Lipinski definition) is 0. The molecule has 2 aromatic carbocycles. The van der Waals surface area contributed by atoms with Gasteiger partial charge in [-0.2, -0.15) is 10.5 Å². The quantitative estimate of drug-likeness (QED) is 0.652. The van der Waals surface area contributed by atoms with Crippen molar-refractivity contribution in [2.75, 3.05) is 0 Å². The second kappa shape index (κ2) is 3.88. The fourth-order valence-corrected chi connectivity index (χ4v) is 1.60. The lowest BCUT2D eigenvalue weighted by atomic mass is 10.1. The van der Waals surface area contributed by atoms with Crippen LogP contribution in [0.15, 0.2) is 36.4 Å². The third kappa shape index (κ3) is 1.65. The van der Waals surface area contributed by atoms with Crippen LogP contribution in [-0.2, 0) is 0 Å². The Morgan fingerprint density at radius 3 is 2.25 bits per heavy atom. The lowest BCUT2D eigenvalue weighted by Gasteiger charge is -1.96. The van der Waals surface area contributed by atoms with Crippen LogP contribution >= 0.6 is 0 Å². The summed E-state index contributed by atoms with van der Waals surface area (Å²) in [6, 6.07) is 15.1. The molecule has 0 spiro atoms. The minimum atomic E-state index is 0.139. The highest BCUT2D eigenvalue weighted by molar-refractivity contribution is 5.84. The van der Waals surface area contributed by atoms with Crippen molar-refractivity contribution in [1.29, 1.82) is 10.5 Å². The zero-order valence-electron chi connectivity index (χ0n) is 8.57. The summed E-state index contributed by atoms with van der Waals surface area (Å²) in [5.74, 6) is 0. The van der Waals surface area contributed by atoms with E-state index in [-0.39, 0.29) is 5.57 Å². The first kappa shape index (κ1) is 9.96. The molecule has 2 heteroatoms. The molecule has 74 valence electrons. The molecule has 0 radical (unpaired) electrons. The van der Waals surface area contributed by atoms with Gasteiger partial charge < -0.3 is 0 Å². The van der Waals surface area contributed by atoms with Crippen LogP contribution in [0, 0.1) is 22.7 Å². The third-order valence-electron chi connectivity index (χ3n) is 2.42. The highest BCUT2D eigenvalue weighted by Crippen LogP contribution is 2.07. The van der Waals surface area contributed by atoms with Gasteiger partial charge in [-0.3, -0.25) is 0 Å². The molecule has 0 saturated carbocycles. The van der Waals surface area contributed by atoms with Gasteiger partial charge in [-0.15, -0.1) is 0 Å². The van der Waals surface area contributed by atoms with Gasteiger partial charge in [0.05, 0.1) is 0 Å². The summed E-state index contributed by atoms with van der Waals surface area (Å²) in [6.07, 6.45) is 0. The summed E-state index contributed by atoms with van der Waals surface area (Å²) in [7, 11) is 0. The molecule has 0 bridgehead atoms. The highest BCUT2D eigenvalue weighted by Gasteiger charge is 1.96. The van der Waals surface area contributed by atoms with Crippen molar-refractivity contribution in [2.45, 2.75) is 0 Å². The Hall–Kier alpha value is -2.58. The Balaban J connectivity index is 2.87. The first-order valence-electron chi connectivity index (χ1n) is 4.78. The maximum atomic E-state index is 8.78. The first-order chi connectivity index (χ1) is 7.74. The number of rotatable bonds is 0. The van der Waals surface area contributed by atoms with E-state index >= 15 is 0 Å². The van der Waals surface area contributed by atoms with E-state index in [0.717, 1.165) is 16.0 Å². The van der Waals surface area contributed by atoms with Gasteiger partial charge in [0.15, 0.2) is 0 Å². The molecule has 0 fully saturated rings. The molecule has 0 unspecified atom stereocenters. The molecule has 2 rings (SSSR count). The van der Waals surface area contributed by atoms with Crippen molar-refractivity contribution < 1.29 is 0 Å². The zero-order chi connectivity index (χ0) is 11.5. The van der Waals surface area contributed by atoms with Crippen molar-refractivity contribution in [2.24, 2.45) is 0 Å². The second-order valence-corrected chi connectivity index (χ2v) is 3.49. The van der Waals surface area contributed by atoms with E-state index in [1.165, 1.54) is 0 Å². The summed E-state index contributed by atoms with van der Waals surface area (Å²) in [4.78, 5) is 0. The number of nitrogens with zero attached hydrogens (tertiary/aromatic N) is 2. The molecule has 2 nitrogen and oxygen atoms in total. The predicted octanol–water partition coefficient (Wildman–Crippen LogP) is 1.45. The molecule has 0 aliphatic rings. The van der Waals surface area contributed by atoms with Gasteiger partial charge in [-0.05, 0) is 28.1 Å². The van der Waals surface area contributed by atoms with Crippen molar-refractivity contribution >= 4 is 22.9 Å². The third-order valence-corrected chi connectivity index (χ3v) is 2.42. The number of fused-ring (bicyclic) bond motifs is 1. The van der Waals surface area contributed by atoms with Crippen LogP contribution in [-0.4, -0.2) is 0 Å². The van der Waals surface area contributed by atoms with Crippen LogP contribution in [0.1, 0.15) is 0 Å². The number of nitriles is 2. The van der Waals surface area contributed by atoms with Crippen LogP contribution in [0.4, 0.5) is 0 Å². The predicted molar refractivity (Wildman–Crippen MR) is 63.4 cm³/mol. The van der Waals surface area contributed by atoms with E-state index in [0.29, 0.717) is 5.22 Å². The van der Waals surface area contributed by atoms with E-state index < -0.39 is 0 Å². The number of hydrogen-bond acceptors (Lipinski definition) is 2. The molecule has 0 aliphatic heterocycles. The molecule has 0 saturated heterocycles. The van der Waals surface area contributed by atoms with Crippen molar-refractivity contribution in [3.63, 3.8) is 0 Å². The van der Waals surface area contributed by atoms with Crippen LogP contribution in [0.5, 0.6) is 0 Å². The van der Waals surface area contributed by atoms with Crippen LogP contribution in [0.2, 0.25) is 0 Å². The topological polar surface area (TPSA) is 47.6 Å². The van der Waals surface area contributed by atoms with E-state index in [2.05, 4.69) is 6.58 Å². The van der Waals surface area contributed by atoms with Gasteiger partial charge >= 0.3 is 0 Å². The smallest absolute Gasteiger partial charge is 0.136 e. The fourth-order valence-electron chi connectivity index (χ4n) is 1.60. The summed E-state index contributed by atoms with van der Waals surface area (Å²) in [6.45, 7) is 3.85. The minimum Gasteiger partial charge on any atom is -0.192 e. The largest absolute Gasteiger partial charge is 0.192 e. The van der Waals surface area contributed by atoms with E-state index in [4.69, 9.17) is 10.5 Å². The van der Waals surface area contributed by atoms with Gasteiger partial charge in [0.2, 0.25) is 0 Å². The molecule has 2 aromatic rings. The van der Waals surface area contributed by atoms with Gasteiger partial charge in [-0.25, -0.2) is 0 Å². The maximum absolute atomic E-state index is 8.78. The fraction of sp³-hybridized carbons (Fsp3) is 0. The maximum Gasteiger partial charge on any atom is 0.136 e. The molecule has 0 amide bonds. The molecule has 0 aromatic heterocycles. The van der Waals surface area contributed by atoms with Gasteiger partial charge in [-0.1, -0.05) is 30.8 Å². The molecule has 16 heavy (non-hydrogen) atoms. The minimum absolute atomic E-state index is 0.139. The van der Waals surface area contributed by atoms with Crippen molar-refractivity contribution in [3.05, 3.63) is 46.8 Å². The summed E-state index contributed by atoms with van der Waals surface area (Å²) >= 11 is 0. The molecule has 0 N–H and O–H groups in total. The summed E-state index contributed by atoms with van der Waals surface area (Å²) in [5.41, 5.74) is 0.139.